The molecule has 2 nitrogen and oxygen atoms in total. The molecule has 0 saturated heterocycles. The lowest BCUT2D eigenvalue weighted by Crippen LogP contribution is -2.24. The van der Waals surface area contributed by atoms with Gasteiger partial charge in [-0.2, -0.15) is 0 Å². The molecule has 3 aromatic rings. The first kappa shape index (κ1) is 27.6. The lowest BCUT2D eigenvalue weighted by Gasteiger charge is -2.27. The third-order valence-electron chi connectivity index (χ3n) is 8.07. The highest BCUT2D eigenvalue weighted by molar-refractivity contribution is 7.99. The van der Waals surface area contributed by atoms with E-state index in [4.69, 9.17) is 4.74 Å². The van der Waals surface area contributed by atoms with Crippen LogP contribution >= 0.6 is 11.8 Å². The van der Waals surface area contributed by atoms with E-state index in [9.17, 15) is 0 Å². The number of anilines is 1. The standard InChI is InChI=1S/C12H16O.C11H15N.C11H14S/c1-9(2)11-7-10-5-3-4-6-12(10)13-8-11;2*1-8(2)10-7-12-11-6-4-3-5-9(10)11/h3-6,9,11H,7-8H2,1-2H3;3-6,8,10,12H,7H2,1-2H3;3-6,8,10H,7H2,1-2H3. The van der Waals surface area contributed by atoms with Crippen molar-refractivity contribution in [1.29, 1.82) is 0 Å². The molecule has 0 saturated carbocycles. The summed E-state index contributed by atoms with van der Waals surface area (Å²) in [4.78, 5) is 1.50. The predicted octanol–water partition coefficient (Wildman–Crippen LogP) is 9.28. The predicted molar refractivity (Wildman–Crippen MR) is 161 cm³/mol. The fraction of sp³-hybridized carbons (Fsp3) is 0.471. The van der Waals surface area contributed by atoms with Crippen molar-refractivity contribution in [2.24, 2.45) is 23.7 Å². The van der Waals surface area contributed by atoms with Crippen molar-refractivity contribution >= 4 is 17.4 Å². The van der Waals surface area contributed by atoms with Gasteiger partial charge in [-0.15, -0.1) is 11.8 Å². The topological polar surface area (TPSA) is 21.3 Å². The van der Waals surface area contributed by atoms with Crippen LogP contribution in [0.3, 0.4) is 0 Å². The highest BCUT2D eigenvalue weighted by Crippen LogP contribution is 2.42. The molecule has 3 aliphatic heterocycles. The third-order valence-corrected chi connectivity index (χ3v) is 9.28. The van der Waals surface area contributed by atoms with Crippen LogP contribution in [0.25, 0.3) is 0 Å². The van der Waals surface area contributed by atoms with E-state index in [2.05, 4.69) is 114 Å². The molecule has 0 aromatic heterocycles. The summed E-state index contributed by atoms with van der Waals surface area (Å²) in [5.74, 6) is 6.77. The smallest absolute Gasteiger partial charge is 0.122 e. The van der Waals surface area contributed by atoms with E-state index in [0.29, 0.717) is 17.8 Å². The molecule has 3 heterocycles. The Balaban J connectivity index is 0.000000130. The van der Waals surface area contributed by atoms with E-state index < -0.39 is 0 Å². The Morgan fingerprint density at radius 3 is 2.11 bits per heavy atom. The molecule has 0 spiro atoms. The van der Waals surface area contributed by atoms with Crippen LogP contribution in [-0.2, 0) is 6.42 Å². The molecule has 0 bridgehead atoms. The molecule has 3 unspecified atom stereocenters. The lowest BCUT2D eigenvalue weighted by molar-refractivity contribution is 0.185. The third kappa shape index (κ3) is 6.93. The number of hydrogen-bond acceptors (Lipinski definition) is 3. The molecular weight excluding hydrogens is 470 g/mol. The van der Waals surface area contributed by atoms with Gasteiger partial charge in [0, 0.05) is 28.8 Å². The van der Waals surface area contributed by atoms with Gasteiger partial charge in [-0.3, -0.25) is 0 Å². The van der Waals surface area contributed by atoms with Crippen molar-refractivity contribution in [3.05, 3.63) is 89.5 Å². The number of benzene rings is 3. The number of nitrogens with one attached hydrogen (secondary N) is 1. The number of fused-ring (bicyclic) bond motifs is 3. The van der Waals surface area contributed by atoms with Gasteiger partial charge in [0.15, 0.2) is 0 Å². The van der Waals surface area contributed by atoms with Crippen molar-refractivity contribution in [2.45, 2.75) is 64.7 Å². The van der Waals surface area contributed by atoms with Gasteiger partial charge >= 0.3 is 0 Å². The Labute approximate surface area is 229 Å². The molecule has 3 aliphatic rings. The van der Waals surface area contributed by atoms with Crippen LogP contribution in [-0.4, -0.2) is 18.9 Å². The van der Waals surface area contributed by atoms with Crippen LogP contribution in [0.4, 0.5) is 5.69 Å². The van der Waals surface area contributed by atoms with Gasteiger partial charge in [0.2, 0.25) is 0 Å². The number of ether oxygens (including phenoxy) is 1. The Kier molecular flexibility index (Phi) is 9.65. The normalized spacial score (nSPS) is 21.1. The average Bonchev–Trinajstić information content (AvgIpc) is 3.54. The minimum absolute atomic E-state index is 0.690. The highest BCUT2D eigenvalue weighted by atomic mass is 32.2. The number of thioether (sulfide) groups is 1. The van der Waals surface area contributed by atoms with Gasteiger partial charge < -0.3 is 10.1 Å². The van der Waals surface area contributed by atoms with Crippen molar-refractivity contribution in [3.8, 4) is 5.75 Å². The molecule has 3 aromatic carbocycles. The Bertz CT molecular complexity index is 1080. The Hall–Kier alpha value is -2.39. The lowest BCUT2D eigenvalue weighted by atomic mass is 9.88. The van der Waals surface area contributed by atoms with Gasteiger partial charge in [0.25, 0.3) is 0 Å². The largest absolute Gasteiger partial charge is 0.493 e. The molecule has 0 aliphatic carbocycles. The van der Waals surface area contributed by atoms with Crippen LogP contribution < -0.4 is 10.1 Å². The summed E-state index contributed by atoms with van der Waals surface area (Å²) in [6.45, 7) is 15.7. The summed E-state index contributed by atoms with van der Waals surface area (Å²) in [6, 6.07) is 25.8. The highest BCUT2D eigenvalue weighted by Gasteiger charge is 2.25. The molecule has 3 heteroatoms. The molecule has 198 valence electrons. The zero-order valence-electron chi connectivity index (χ0n) is 23.5. The summed E-state index contributed by atoms with van der Waals surface area (Å²) in [6.07, 6.45) is 1.17. The molecule has 0 amide bonds. The molecule has 1 N–H and O–H groups in total. The van der Waals surface area contributed by atoms with Crippen LogP contribution in [0, 0.1) is 23.7 Å². The van der Waals surface area contributed by atoms with Crippen LogP contribution in [0.2, 0.25) is 0 Å². The van der Waals surface area contributed by atoms with Crippen molar-refractivity contribution < 1.29 is 4.74 Å². The summed E-state index contributed by atoms with van der Waals surface area (Å²) in [7, 11) is 0. The summed E-state index contributed by atoms with van der Waals surface area (Å²) in [5.41, 5.74) is 5.76. The molecule has 0 fully saturated rings. The van der Waals surface area contributed by atoms with Crippen molar-refractivity contribution in [2.75, 3.05) is 24.2 Å². The molecule has 6 rings (SSSR count). The number of rotatable bonds is 3. The molecule has 37 heavy (non-hydrogen) atoms. The van der Waals surface area contributed by atoms with Crippen LogP contribution in [0.1, 0.15) is 70.1 Å². The fourth-order valence-corrected chi connectivity index (χ4v) is 6.91. The van der Waals surface area contributed by atoms with Gasteiger partial charge in [0.05, 0.1) is 6.61 Å². The first-order valence-electron chi connectivity index (χ1n) is 14.1. The van der Waals surface area contributed by atoms with E-state index in [1.54, 1.807) is 5.56 Å². The second-order valence-corrected chi connectivity index (χ2v) is 12.7. The van der Waals surface area contributed by atoms with Crippen molar-refractivity contribution in [3.63, 3.8) is 0 Å². The van der Waals surface area contributed by atoms with E-state index >= 15 is 0 Å². The zero-order chi connectivity index (χ0) is 26.4. The van der Waals surface area contributed by atoms with Crippen LogP contribution in [0.5, 0.6) is 5.75 Å². The molecule has 3 atom stereocenters. The molecule has 0 radical (unpaired) electrons. The van der Waals surface area contributed by atoms with E-state index in [-0.39, 0.29) is 0 Å². The number of para-hydroxylation sites is 2. The van der Waals surface area contributed by atoms with E-state index in [1.807, 2.05) is 17.8 Å². The second kappa shape index (κ2) is 12.9. The van der Waals surface area contributed by atoms with E-state index in [1.165, 1.54) is 33.9 Å². The summed E-state index contributed by atoms with van der Waals surface area (Å²) in [5, 5.41) is 3.43. The summed E-state index contributed by atoms with van der Waals surface area (Å²) < 4.78 is 5.70. The van der Waals surface area contributed by atoms with E-state index in [0.717, 1.165) is 36.7 Å². The van der Waals surface area contributed by atoms with Crippen molar-refractivity contribution in [1.82, 2.24) is 0 Å². The van der Waals surface area contributed by atoms with Gasteiger partial charge in [-0.25, -0.2) is 0 Å². The first-order chi connectivity index (χ1) is 17.8. The minimum Gasteiger partial charge on any atom is -0.493 e. The average molecular weight is 516 g/mol. The van der Waals surface area contributed by atoms with Gasteiger partial charge in [-0.1, -0.05) is 96.1 Å². The number of hydrogen-bond donors (Lipinski definition) is 1. The van der Waals surface area contributed by atoms with Gasteiger partial charge in [-0.05, 0) is 70.9 Å². The Morgan fingerprint density at radius 2 is 1.38 bits per heavy atom. The fourth-order valence-electron chi connectivity index (χ4n) is 5.42. The maximum absolute atomic E-state index is 5.70. The second-order valence-electron chi connectivity index (χ2n) is 11.6. The quantitative estimate of drug-likeness (QED) is 0.375. The monoisotopic (exact) mass is 515 g/mol. The zero-order valence-corrected chi connectivity index (χ0v) is 24.4. The first-order valence-corrected chi connectivity index (χ1v) is 15.1. The SMILES string of the molecule is CC(C)C1CNc2ccccc21.CC(C)C1COc2ccccc2C1.CC(C)C1CSc2ccccc21. The maximum atomic E-state index is 5.70. The molecular formula is C34H45NOS. The van der Waals surface area contributed by atoms with Gasteiger partial charge in [0.1, 0.15) is 5.75 Å². The minimum atomic E-state index is 0.690. The summed E-state index contributed by atoms with van der Waals surface area (Å²) >= 11 is 2.00. The van der Waals surface area contributed by atoms with Crippen LogP contribution in [0.15, 0.2) is 77.7 Å². The Morgan fingerprint density at radius 1 is 0.730 bits per heavy atom. The maximum Gasteiger partial charge on any atom is 0.122 e.